The molecule has 1 N–H and O–H groups in total. The van der Waals surface area contributed by atoms with Gasteiger partial charge in [0.1, 0.15) is 6.07 Å². The van der Waals surface area contributed by atoms with Gasteiger partial charge in [-0.05, 0) is 44.5 Å². The maximum Gasteiger partial charge on any atom is 0.101 e. The number of aryl methyl sites for hydroxylation is 1. The molecule has 1 aliphatic rings. The summed E-state index contributed by atoms with van der Waals surface area (Å²) in [4.78, 5) is 2.38. The molecule has 3 nitrogen and oxygen atoms in total. The van der Waals surface area contributed by atoms with Crippen molar-refractivity contribution >= 4 is 5.69 Å². The molecular weight excluding hydrogens is 210 g/mol. The average Bonchev–Trinajstić information content (AvgIpc) is 2.77. The van der Waals surface area contributed by atoms with E-state index < -0.39 is 0 Å². The molecule has 0 spiro atoms. The van der Waals surface area contributed by atoms with E-state index >= 15 is 0 Å². The topological polar surface area (TPSA) is 39.1 Å². The maximum absolute atomic E-state index is 9.19. The van der Waals surface area contributed by atoms with Gasteiger partial charge >= 0.3 is 0 Å². The lowest BCUT2D eigenvalue weighted by molar-refractivity contribution is 0.615. The van der Waals surface area contributed by atoms with Crippen LogP contribution in [0, 0.1) is 18.3 Å². The van der Waals surface area contributed by atoms with E-state index in [2.05, 4.69) is 29.3 Å². The minimum Gasteiger partial charge on any atom is -0.366 e. The average molecular weight is 229 g/mol. The third-order valence-electron chi connectivity index (χ3n) is 3.40. The van der Waals surface area contributed by atoms with E-state index in [0.29, 0.717) is 6.04 Å². The lowest BCUT2D eigenvalue weighted by atomic mass is 10.1. The van der Waals surface area contributed by atoms with Crippen LogP contribution in [-0.2, 0) is 0 Å². The molecule has 0 amide bonds. The zero-order valence-corrected chi connectivity index (χ0v) is 10.5. The van der Waals surface area contributed by atoms with Crippen molar-refractivity contribution in [3.05, 3.63) is 29.3 Å². The summed E-state index contributed by atoms with van der Waals surface area (Å²) in [5.41, 5.74) is 3.11. The van der Waals surface area contributed by atoms with Crippen molar-refractivity contribution in [3.8, 4) is 6.07 Å². The third kappa shape index (κ3) is 2.42. The Balaban J connectivity index is 2.32. The molecule has 1 saturated heterocycles. The maximum atomic E-state index is 9.19. The number of likely N-dealkylation sites (N-methyl/N-ethyl adjacent to an activating group) is 1. The summed E-state index contributed by atoms with van der Waals surface area (Å²) >= 11 is 0. The summed E-state index contributed by atoms with van der Waals surface area (Å²) in [6.07, 6.45) is 2.42. The molecule has 1 aromatic rings. The van der Waals surface area contributed by atoms with Crippen molar-refractivity contribution < 1.29 is 0 Å². The molecule has 1 atom stereocenters. The summed E-state index contributed by atoms with van der Waals surface area (Å²) in [5.74, 6) is 0. The van der Waals surface area contributed by atoms with Gasteiger partial charge in [-0.2, -0.15) is 5.26 Å². The van der Waals surface area contributed by atoms with Gasteiger partial charge < -0.3 is 10.2 Å². The number of anilines is 1. The Morgan fingerprint density at radius 2 is 2.35 bits per heavy atom. The van der Waals surface area contributed by atoms with Crippen molar-refractivity contribution in [2.45, 2.75) is 25.8 Å². The van der Waals surface area contributed by atoms with Crippen LogP contribution in [0.1, 0.15) is 24.0 Å². The number of nitriles is 1. The first kappa shape index (κ1) is 11.9. The quantitative estimate of drug-likeness (QED) is 0.862. The second-order valence-electron chi connectivity index (χ2n) is 4.68. The van der Waals surface area contributed by atoms with Crippen LogP contribution in [0.5, 0.6) is 0 Å². The van der Waals surface area contributed by atoms with Crippen molar-refractivity contribution in [2.75, 3.05) is 25.0 Å². The van der Waals surface area contributed by atoms with Crippen LogP contribution < -0.4 is 10.2 Å². The summed E-state index contributed by atoms with van der Waals surface area (Å²) in [7, 11) is 1.98. The van der Waals surface area contributed by atoms with Crippen LogP contribution in [0.25, 0.3) is 0 Å². The van der Waals surface area contributed by atoms with Crippen molar-refractivity contribution in [3.63, 3.8) is 0 Å². The predicted octanol–water partition coefficient (Wildman–Crippen LogP) is 2.05. The number of benzene rings is 1. The number of nitrogens with zero attached hydrogens (tertiary/aromatic N) is 2. The zero-order chi connectivity index (χ0) is 12.3. The number of rotatable bonds is 3. The molecule has 1 unspecified atom stereocenters. The minimum absolute atomic E-state index is 0.522. The lowest BCUT2D eigenvalue weighted by Gasteiger charge is -2.27. The molecule has 2 rings (SSSR count). The molecule has 17 heavy (non-hydrogen) atoms. The second-order valence-corrected chi connectivity index (χ2v) is 4.68. The highest BCUT2D eigenvalue weighted by Gasteiger charge is 2.25. The Hall–Kier alpha value is -1.53. The van der Waals surface area contributed by atoms with Crippen LogP contribution >= 0.6 is 0 Å². The molecule has 0 bridgehead atoms. The molecule has 90 valence electrons. The Morgan fingerprint density at radius 3 is 3.06 bits per heavy atom. The summed E-state index contributed by atoms with van der Waals surface area (Å²) in [6.45, 7) is 4.12. The highest BCUT2D eigenvalue weighted by molar-refractivity contribution is 5.61. The molecular formula is C14H19N3. The second kappa shape index (κ2) is 5.20. The molecule has 1 aromatic carbocycles. The smallest absolute Gasteiger partial charge is 0.101 e. The van der Waals surface area contributed by atoms with Crippen molar-refractivity contribution in [1.29, 1.82) is 5.26 Å². The van der Waals surface area contributed by atoms with Gasteiger partial charge in [0.05, 0.1) is 11.3 Å². The van der Waals surface area contributed by atoms with Crippen molar-refractivity contribution in [2.24, 2.45) is 0 Å². The Morgan fingerprint density at radius 1 is 1.53 bits per heavy atom. The SMILES string of the molecule is CNCC1CCCN1c1cc(C)ccc1C#N. The Bertz CT molecular complexity index is 434. The predicted molar refractivity (Wildman–Crippen MR) is 70.2 cm³/mol. The number of hydrogen-bond acceptors (Lipinski definition) is 3. The fourth-order valence-electron chi connectivity index (χ4n) is 2.57. The molecule has 1 aliphatic heterocycles. The molecule has 0 aliphatic carbocycles. The number of nitrogens with one attached hydrogen (secondary N) is 1. The monoisotopic (exact) mass is 229 g/mol. The van der Waals surface area contributed by atoms with Gasteiger partial charge in [-0.25, -0.2) is 0 Å². The normalized spacial score (nSPS) is 19.4. The largest absolute Gasteiger partial charge is 0.366 e. The van der Waals surface area contributed by atoms with Gasteiger partial charge in [-0.15, -0.1) is 0 Å². The fraction of sp³-hybridized carbons (Fsp3) is 0.500. The van der Waals surface area contributed by atoms with Crippen molar-refractivity contribution in [1.82, 2.24) is 5.32 Å². The van der Waals surface area contributed by atoms with E-state index in [1.165, 1.54) is 18.4 Å². The summed E-state index contributed by atoms with van der Waals surface area (Å²) in [5, 5.41) is 12.4. The van der Waals surface area contributed by atoms with Crippen LogP contribution in [0.3, 0.4) is 0 Å². The molecule has 3 heteroatoms. The van der Waals surface area contributed by atoms with E-state index in [1.807, 2.05) is 19.2 Å². The molecule has 1 fully saturated rings. The standard InChI is InChI=1S/C14H19N3/c1-11-5-6-12(9-15)14(8-11)17-7-3-4-13(17)10-16-2/h5-6,8,13,16H,3-4,7,10H2,1-2H3. The van der Waals surface area contributed by atoms with Gasteiger partial charge in [0, 0.05) is 19.1 Å². The van der Waals surface area contributed by atoms with E-state index in [0.717, 1.165) is 24.3 Å². The third-order valence-corrected chi connectivity index (χ3v) is 3.40. The van der Waals surface area contributed by atoms with E-state index in [9.17, 15) is 5.26 Å². The van der Waals surface area contributed by atoms with Crippen LogP contribution in [-0.4, -0.2) is 26.2 Å². The van der Waals surface area contributed by atoms with Gasteiger partial charge in [0.15, 0.2) is 0 Å². The summed E-state index contributed by atoms with van der Waals surface area (Å²) in [6, 6.07) is 8.89. The fourth-order valence-corrected chi connectivity index (χ4v) is 2.57. The highest BCUT2D eigenvalue weighted by atomic mass is 15.2. The van der Waals surface area contributed by atoms with E-state index in [1.54, 1.807) is 0 Å². The van der Waals surface area contributed by atoms with E-state index in [4.69, 9.17) is 0 Å². The van der Waals surface area contributed by atoms with Gasteiger partial charge in [-0.1, -0.05) is 6.07 Å². The van der Waals surface area contributed by atoms with Gasteiger partial charge in [0.25, 0.3) is 0 Å². The van der Waals surface area contributed by atoms with Crippen LogP contribution in [0.15, 0.2) is 18.2 Å². The number of hydrogen-bond donors (Lipinski definition) is 1. The van der Waals surface area contributed by atoms with Gasteiger partial charge in [-0.3, -0.25) is 0 Å². The first-order valence-corrected chi connectivity index (χ1v) is 6.18. The Kier molecular flexibility index (Phi) is 3.65. The first-order chi connectivity index (χ1) is 8.26. The highest BCUT2D eigenvalue weighted by Crippen LogP contribution is 2.29. The van der Waals surface area contributed by atoms with E-state index in [-0.39, 0.29) is 0 Å². The Labute approximate surface area is 103 Å². The summed E-state index contributed by atoms with van der Waals surface area (Å²) < 4.78 is 0. The molecule has 0 saturated carbocycles. The molecule has 0 radical (unpaired) electrons. The van der Waals surface area contributed by atoms with Crippen LogP contribution in [0.4, 0.5) is 5.69 Å². The molecule has 1 heterocycles. The van der Waals surface area contributed by atoms with Crippen LogP contribution in [0.2, 0.25) is 0 Å². The minimum atomic E-state index is 0.522. The lowest BCUT2D eigenvalue weighted by Crippen LogP contribution is -2.37. The first-order valence-electron chi connectivity index (χ1n) is 6.18. The zero-order valence-electron chi connectivity index (χ0n) is 10.5. The molecule has 0 aromatic heterocycles. The van der Waals surface area contributed by atoms with Gasteiger partial charge in [0.2, 0.25) is 0 Å².